The molecule has 0 bridgehead atoms. The Morgan fingerprint density at radius 3 is 2.28 bits per heavy atom. The molecule has 3 amide bonds. The summed E-state index contributed by atoms with van der Waals surface area (Å²) in [6.07, 6.45) is -0.326. The van der Waals surface area contributed by atoms with Gasteiger partial charge in [-0.2, -0.15) is 0 Å². The summed E-state index contributed by atoms with van der Waals surface area (Å²) in [6, 6.07) is 17.5. The Labute approximate surface area is 192 Å². The highest BCUT2D eigenvalue weighted by atomic mass is 32.2. The molecule has 0 spiro atoms. The lowest BCUT2D eigenvalue weighted by Crippen LogP contribution is -2.50. The molecule has 2 fully saturated rings. The standard InChI is InChI=1S/C24H27N3O4S/c1-2-31-24(30)26-14-12-25(13-15-26)22(29)19-8-10-20(11-9-19)23-27(21(28)17-32-23)16-18-6-4-3-5-7-18/h3-11,23H,2,12-17H2,1H3/t23-/m1/s1. The summed E-state index contributed by atoms with van der Waals surface area (Å²) in [7, 11) is 0. The van der Waals surface area contributed by atoms with Crippen LogP contribution < -0.4 is 0 Å². The van der Waals surface area contributed by atoms with E-state index in [4.69, 9.17) is 4.74 Å². The Kier molecular flexibility index (Phi) is 6.99. The van der Waals surface area contributed by atoms with E-state index < -0.39 is 0 Å². The number of amides is 3. The van der Waals surface area contributed by atoms with Crippen molar-refractivity contribution in [1.29, 1.82) is 0 Å². The van der Waals surface area contributed by atoms with Gasteiger partial charge in [-0.15, -0.1) is 11.8 Å². The third-order valence-corrected chi connectivity index (χ3v) is 6.96. The van der Waals surface area contributed by atoms with Crippen LogP contribution in [0.3, 0.4) is 0 Å². The van der Waals surface area contributed by atoms with Crippen LogP contribution in [0.1, 0.15) is 33.8 Å². The second-order valence-electron chi connectivity index (χ2n) is 7.77. The third-order valence-electron chi connectivity index (χ3n) is 5.70. The van der Waals surface area contributed by atoms with Crippen LogP contribution in [0.5, 0.6) is 0 Å². The SMILES string of the molecule is CCOC(=O)N1CCN(C(=O)c2ccc([C@H]3SCC(=O)N3Cc3ccccc3)cc2)CC1. The van der Waals surface area contributed by atoms with Crippen molar-refractivity contribution in [2.45, 2.75) is 18.8 Å². The molecule has 0 radical (unpaired) electrons. The summed E-state index contributed by atoms with van der Waals surface area (Å²) in [5.74, 6) is 0.544. The van der Waals surface area contributed by atoms with Gasteiger partial charge in [0.2, 0.25) is 5.91 Å². The zero-order valence-electron chi connectivity index (χ0n) is 18.1. The Morgan fingerprint density at radius 2 is 1.62 bits per heavy atom. The van der Waals surface area contributed by atoms with Crippen molar-refractivity contribution in [1.82, 2.24) is 14.7 Å². The first-order valence-electron chi connectivity index (χ1n) is 10.8. The Balaban J connectivity index is 1.39. The van der Waals surface area contributed by atoms with Crippen molar-refractivity contribution in [3.8, 4) is 0 Å². The second kappa shape index (κ2) is 10.1. The van der Waals surface area contributed by atoms with Crippen molar-refractivity contribution in [2.75, 3.05) is 38.5 Å². The number of hydrogen-bond acceptors (Lipinski definition) is 5. The molecule has 0 unspecified atom stereocenters. The number of carbonyl (C=O) groups excluding carboxylic acids is 3. The number of piperazine rings is 1. The van der Waals surface area contributed by atoms with Gasteiger partial charge in [-0.1, -0.05) is 42.5 Å². The van der Waals surface area contributed by atoms with Crippen molar-refractivity contribution in [2.24, 2.45) is 0 Å². The summed E-state index contributed by atoms with van der Waals surface area (Å²) in [6.45, 7) is 4.60. The van der Waals surface area contributed by atoms with E-state index in [0.717, 1.165) is 11.1 Å². The van der Waals surface area contributed by atoms with Crippen LogP contribution in [0.15, 0.2) is 54.6 Å². The van der Waals surface area contributed by atoms with Gasteiger partial charge in [-0.3, -0.25) is 9.59 Å². The first-order chi connectivity index (χ1) is 15.6. The lowest BCUT2D eigenvalue weighted by atomic mass is 10.1. The van der Waals surface area contributed by atoms with E-state index in [0.29, 0.717) is 50.6 Å². The number of carbonyl (C=O) groups is 3. The normalized spacial score (nSPS) is 18.7. The molecule has 8 heteroatoms. The molecule has 2 aliphatic rings. The summed E-state index contributed by atoms with van der Waals surface area (Å²) in [5.41, 5.74) is 2.73. The minimum atomic E-state index is -0.326. The zero-order chi connectivity index (χ0) is 22.5. The van der Waals surface area contributed by atoms with Crippen molar-refractivity contribution in [3.05, 3.63) is 71.3 Å². The maximum absolute atomic E-state index is 12.9. The molecule has 168 valence electrons. The fourth-order valence-corrected chi connectivity index (χ4v) is 5.15. The van der Waals surface area contributed by atoms with Gasteiger partial charge in [0.25, 0.3) is 5.91 Å². The zero-order valence-corrected chi connectivity index (χ0v) is 18.9. The van der Waals surface area contributed by atoms with Crippen LogP contribution in [0, 0.1) is 0 Å². The van der Waals surface area contributed by atoms with E-state index in [1.165, 1.54) is 0 Å². The van der Waals surface area contributed by atoms with Crippen molar-refractivity contribution in [3.63, 3.8) is 0 Å². The van der Waals surface area contributed by atoms with Crippen LogP contribution >= 0.6 is 11.8 Å². The largest absolute Gasteiger partial charge is 0.450 e. The molecule has 0 aliphatic carbocycles. The number of nitrogens with zero attached hydrogens (tertiary/aromatic N) is 3. The van der Waals surface area contributed by atoms with Gasteiger partial charge in [-0.05, 0) is 30.2 Å². The Morgan fingerprint density at radius 1 is 0.969 bits per heavy atom. The molecule has 2 saturated heterocycles. The maximum Gasteiger partial charge on any atom is 0.409 e. The number of thioether (sulfide) groups is 1. The van der Waals surface area contributed by atoms with Gasteiger partial charge in [-0.25, -0.2) is 4.79 Å². The Bertz CT molecular complexity index is 959. The van der Waals surface area contributed by atoms with Crippen molar-refractivity contribution >= 4 is 29.7 Å². The first kappa shape index (κ1) is 22.2. The van der Waals surface area contributed by atoms with E-state index >= 15 is 0 Å². The average molecular weight is 454 g/mol. The number of ether oxygens (including phenoxy) is 1. The van der Waals surface area contributed by atoms with E-state index in [1.54, 1.807) is 28.5 Å². The van der Waals surface area contributed by atoms with E-state index in [9.17, 15) is 14.4 Å². The van der Waals surface area contributed by atoms with Crippen LogP contribution in [-0.4, -0.2) is 71.1 Å². The molecular weight excluding hydrogens is 426 g/mol. The minimum Gasteiger partial charge on any atom is -0.450 e. The predicted molar refractivity (Wildman–Crippen MR) is 123 cm³/mol. The molecule has 2 aromatic rings. The maximum atomic E-state index is 12.9. The molecule has 0 aromatic heterocycles. The predicted octanol–water partition coefficient (Wildman–Crippen LogP) is 3.38. The van der Waals surface area contributed by atoms with Gasteiger partial charge >= 0.3 is 6.09 Å². The summed E-state index contributed by atoms with van der Waals surface area (Å²) >= 11 is 1.61. The van der Waals surface area contributed by atoms with E-state index in [1.807, 2.05) is 59.5 Å². The minimum absolute atomic E-state index is 0.0450. The molecule has 1 atom stereocenters. The van der Waals surface area contributed by atoms with Gasteiger partial charge in [0.15, 0.2) is 0 Å². The highest BCUT2D eigenvalue weighted by molar-refractivity contribution is 8.00. The highest BCUT2D eigenvalue weighted by Crippen LogP contribution is 2.39. The molecule has 2 heterocycles. The first-order valence-corrected chi connectivity index (χ1v) is 11.9. The Hall–Kier alpha value is -3.00. The molecule has 2 aromatic carbocycles. The van der Waals surface area contributed by atoms with E-state index in [2.05, 4.69) is 0 Å². The van der Waals surface area contributed by atoms with Crippen LogP contribution in [0.2, 0.25) is 0 Å². The summed E-state index contributed by atoms with van der Waals surface area (Å²) in [4.78, 5) is 42.5. The average Bonchev–Trinajstić information content (AvgIpc) is 3.19. The fraction of sp³-hybridized carbons (Fsp3) is 0.375. The molecule has 32 heavy (non-hydrogen) atoms. The number of benzene rings is 2. The highest BCUT2D eigenvalue weighted by Gasteiger charge is 2.33. The van der Waals surface area contributed by atoms with Gasteiger partial charge in [0.1, 0.15) is 5.37 Å². The number of rotatable bonds is 5. The van der Waals surface area contributed by atoms with E-state index in [-0.39, 0.29) is 23.3 Å². The van der Waals surface area contributed by atoms with Crippen LogP contribution in [0.25, 0.3) is 0 Å². The van der Waals surface area contributed by atoms with Crippen molar-refractivity contribution < 1.29 is 19.1 Å². The summed E-state index contributed by atoms with van der Waals surface area (Å²) < 4.78 is 5.03. The number of hydrogen-bond donors (Lipinski definition) is 0. The van der Waals surface area contributed by atoms with Gasteiger partial charge in [0, 0.05) is 38.3 Å². The topological polar surface area (TPSA) is 70.2 Å². The van der Waals surface area contributed by atoms with Crippen LogP contribution in [-0.2, 0) is 16.1 Å². The molecule has 2 aliphatic heterocycles. The quantitative estimate of drug-likeness (QED) is 0.694. The molecular formula is C24H27N3O4S. The fourth-order valence-electron chi connectivity index (χ4n) is 3.96. The smallest absolute Gasteiger partial charge is 0.409 e. The monoisotopic (exact) mass is 453 g/mol. The van der Waals surface area contributed by atoms with Gasteiger partial charge in [0.05, 0.1) is 12.4 Å². The lowest BCUT2D eigenvalue weighted by Gasteiger charge is -2.34. The summed E-state index contributed by atoms with van der Waals surface area (Å²) in [5, 5.41) is -0.0556. The molecule has 0 saturated carbocycles. The molecule has 7 nitrogen and oxygen atoms in total. The van der Waals surface area contributed by atoms with Crippen LogP contribution in [0.4, 0.5) is 4.79 Å². The second-order valence-corrected chi connectivity index (χ2v) is 8.84. The molecule has 4 rings (SSSR count). The third kappa shape index (κ3) is 4.91. The molecule has 0 N–H and O–H groups in total. The van der Waals surface area contributed by atoms with Gasteiger partial charge < -0.3 is 19.4 Å². The lowest BCUT2D eigenvalue weighted by molar-refractivity contribution is -0.128.